The maximum atomic E-state index is 8.84. The van der Waals surface area contributed by atoms with Crippen LogP contribution >= 0.6 is 23.3 Å². The van der Waals surface area contributed by atoms with Crippen LogP contribution in [0.15, 0.2) is 30.3 Å². The van der Waals surface area contributed by atoms with Gasteiger partial charge in [-0.1, -0.05) is 11.6 Å². The number of hydrogen-bond donors (Lipinski definition) is 2. The van der Waals surface area contributed by atoms with Crippen LogP contribution in [-0.2, 0) is 0 Å². The molecule has 0 atom stereocenters. The molecule has 3 rings (SSSR count). The second-order valence-electron chi connectivity index (χ2n) is 4.09. The topological polar surface area (TPSA) is 87.6 Å². The quantitative estimate of drug-likeness (QED) is 0.707. The van der Waals surface area contributed by atoms with Crippen LogP contribution in [0.3, 0.4) is 0 Å². The lowest BCUT2D eigenvalue weighted by Crippen LogP contribution is -1.98. The third kappa shape index (κ3) is 2.13. The molecular formula is C13H8ClN5S. The molecule has 0 aliphatic carbocycles. The van der Waals surface area contributed by atoms with E-state index in [-0.39, 0.29) is 0 Å². The van der Waals surface area contributed by atoms with Gasteiger partial charge in [0.1, 0.15) is 11.0 Å². The number of aromatic nitrogens is 2. The fourth-order valence-electron chi connectivity index (χ4n) is 1.83. The summed E-state index contributed by atoms with van der Waals surface area (Å²) in [5.74, 6) is 0. The smallest absolute Gasteiger partial charge is 0.129 e. The van der Waals surface area contributed by atoms with Crippen LogP contribution in [0.25, 0.3) is 11.0 Å². The van der Waals surface area contributed by atoms with Crippen molar-refractivity contribution in [1.82, 2.24) is 8.75 Å². The molecule has 0 fully saturated rings. The largest absolute Gasteiger partial charge is 0.397 e. The average Bonchev–Trinajstić information content (AvgIpc) is 2.92. The fraction of sp³-hybridized carbons (Fsp3) is 0. The van der Waals surface area contributed by atoms with Crippen LogP contribution in [0.2, 0.25) is 5.02 Å². The first-order valence-electron chi connectivity index (χ1n) is 5.66. The fourth-order valence-corrected chi connectivity index (χ4v) is 2.57. The highest BCUT2D eigenvalue weighted by atomic mass is 35.5. The summed E-state index contributed by atoms with van der Waals surface area (Å²) in [6.07, 6.45) is 0. The second kappa shape index (κ2) is 4.96. The number of halogens is 1. The molecular weight excluding hydrogens is 294 g/mol. The highest BCUT2D eigenvalue weighted by molar-refractivity contribution is 7.00. The van der Waals surface area contributed by atoms with E-state index in [1.54, 1.807) is 24.3 Å². The minimum Gasteiger partial charge on any atom is -0.397 e. The Bertz CT molecular complexity index is 836. The van der Waals surface area contributed by atoms with Crippen LogP contribution < -0.4 is 11.1 Å². The van der Waals surface area contributed by atoms with Gasteiger partial charge < -0.3 is 11.1 Å². The van der Waals surface area contributed by atoms with Crippen molar-refractivity contribution >= 4 is 51.4 Å². The number of fused-ring (bicyclic) bond motifs is 1. The van der Waals surface area contributed by atoms with Crippen LogP contribution in [0.1, 0.15) is 5.56 Å². The van der Waals surface area contributed by atoms with Gasteiger partial charge in [0.25, 0.3) is 0 Å². The molecule has 3 aromatic rings. The van der Waals surface area contributed by atoms with Gasteiger partial charge in [-0.3, -0.25) is 0 Å². The van der Waals surface area contributed by atoms with Crippen molar-refractivity contribution in [2.45, 2.75) is 0 Å². The van der Waals surface area contributed by atoms with E-state index in [9.17, 15) is 0 Å². The third-order valence-corrected chi connectivity index (χ3v) is 3.67. The Balaban J connectivity index is 2.07. The molecule has 20 heavy (non-hydrogen) atoms. The van der Waals surface area contributed by atoms with Crippen molar-refractivity contribution < 1.29 is 0 Å². The van der Waals surface area contributed by atoms with Gasteiger partial charge in [-0.15, -0.1) is 0 Å². The predicted octanol–water partition coefficient (Wildman–Crippen LogP) is 3.54. The highest BCUT2D eigenvalue weighted by Gasteiger charge is 2.11. The minimum absolute atomic E-state index is 0.473. The number of nitrogens with zero attached hydrogens (tertiary/aromatic N) is 3. The van der Waals surface area contributed by atoms with Gasteiger partial charge in [0, 0.05) is 0 Å². The number of nitrogen functional groups attached to an aromatic ring is 1. The summed E-state index contributed by atoms with van der Waals surface area (Å²) in [6, 6.07) is 10.6. The van der Waals surface area contributed by atoms with Crippen LogP contribution in [0, 0.1) is 11.3 Å². The lowest BCUT2D eigenvalue weighted by atomic mass is 10.1. The van der Waals surface area contributed by atoms with Gasteiger partial charge >= 0.3 is 0 Å². The number of hydrogen-bond acceptors (Lipinski definition) is 6. The molecule has 0 radical (unpaired) electrons. The highest BCUT2D eigenvalue weighted by Crippen LogP contribution is 2.34. The molecule has 3 N–H and O–H groups in total. The van der Waals surface area contributed by atoms with Crippen molar-refractivity contribution in [2.75, 3.05) is 11.1 Å². The Kier molecular flexibility index (Phi) is 3.14. The number of nitrogens with one attached hydrogen (secondary N) is 1. The second-order valence-corrected chi connectivity index (χ2v) is 5.03. The van der Waals surface area contributed by atoms with E-state index in [4.69, 9.17) is 22.6 Å². The monoisotopic (exact) mass is 301 g/mol. The van der Waals surface area contributed by atoms with E-state index in [1.165, 1.54) is 0 Å². The molecule has 0 aliphatic rings. The van der Waals surface area contributed by atoms with Crippen LogP contribution in [-0.4, -0.2) is 8.75 Å². The molecule has 0 unspecified atom stereocenters. The maximum Gasteiger partial charge on any atom is 0.129 e. The van der Waals surface area contributed by atoms with E-state index in [0.717, 1.165) is 17.2 Å². The summed E-state index contributed by atoms with van der Waals surface area (Å²) in [5.41, 5.74) is 9.71. The first-order chi connectivity index (χ1) is 9.69. The molecule has 98 valence electrons. The Morgan fingerprint density at radius 3 is 2.85 bits per heavy atom. The summed E-state index contributed by atoms with van der Waals surface area (Å²) in [7, 11) is 0. The molecule has 5 nitrogen and oxygen atoms in total. The van der Waals surface area contributed by atoms with Crippen LogP contribution in [0.5, 0.6) is 0 Å². The van der Waals surface area contributed by atoms with Crippen molar-refractivity contribution in [3.8, 4) is 6.07 Å². The van der Waals surface area contributed by atoms with Crippen molar-refractivity contribution in [3.63, 3.8) is 0 Å². The zero-order chi connectivity index (χ0) is 14.1. The molecule has 0 bridgehead atoms. The Labute approximate surface area is 123 Å². The molecule has 0 aliphatic heterocycles. The third-order valence-electron chi connectivity index (χ3n) is 2.82. The number of nitrogens with two attached hydrogens (primary N) is 1. The molecule has 0 saturated carbocycles. The lowest BCUT2D eigenvalue weighted by molar-refractivity contribution is 1.47. The van der Waals surface area contributed by atoms with Gasteiger partial charge in [-0.25, -0.2) is 0 Å². The molecule has 1 aromatic heterocycles. The summed E-state index contributed by atoms with van der Waals surface area (Å²) in [4.78, 5) is 0. The van der Waals surface area contributed by atoms with Crippen molar-refractivity contribution in [2.24, 2.45) is 0 Å². The standard InChI is InChI=1S/C13H8ClN5S/c14-8-2-4-11-13(19-20-18-11)12(8)17-10-3-1-7(6-15)5-9(10)16/h1-5,17H,16H2. The zero-order valence-corrected chi connectivity index (χ0v) is 11.7. The Morgan fingerprint density at radius 1 is 1.25 bits per heavy atom. The van der Waals surface area contributed by atoms with E-state index in [2.05, 4.69) is 14.1 Å². The van der Waals surface area contributed by atoms with Gasteiger partial charge in [0.05, 0.1) is 45.4 Å². The number of nitriles is 1. The Hall–Kier alpha value is -2.36. The zero-order valence-electron chi connectivity index (χ0n) is 10.1. The van der Waals surface area contributed by atoms with Gasteiger partial charge in [-0.2, -0.15) is 14.0 Å². The maximum absolute atomic E-state index is 8.84. The summed E-state index contributed by atoms with van der Waals surface area (Å²) in [5, 5.41) is 12.5. The van der Waals surface area contributed by atoms with E-state index < -0.39 is 0 Å². The summed E-state index contributed by atoms with van der Waals surface area (Å²) >= 11 is 7.33. The number of rotatable bonds is 2. The van der Waals surface area contributed by atoms with E-state index >= 15 is 0 Å². The minimum atomic E-state index is 0.473. The number of anilines is 3. The summed E-state index contributed by atoms with van der Waals surface area (Å²) < 4.78 is 8.40. The average molecular weight is 302 g/mol. The molecule has 1 heterocycles. The SMILES string of the molecule is N#Cc1ccc(Nc2c(Cl)ccc3nsnc23)c(N)c1. The predicted molar refractivity (Wildman–Crippen MR) is 81.3 cm³/mol. The first kappa shape index (κ1) is 12.7. The van der Waals surface area contributed by atoms with E-state index in [1.807, 2.05) is 12.1 Å². The summed E-state index contributed by atoms with van der Waals surface area (Å²) in [6.45, 7) is 0. The van der Waals surface area contributed by atoms with Gasteiger partial charge in [0.15, 0.2) is 0 Å². The normalized spacial score (nSPS) is 10.4. The molecule has 0 saturated heterocycles. The number of benzene rings is 2. The molecule has 7 heteroatoms. The molecule has 2 aromatic carbocycles. The van der Waals surface area contributed by atoms with Crippen molar-refractivity contribution in [3.05, 3.63) is 40.9 Å². The van der Waals surface area contributed by atoms with Crippen LogP contribution in [0.4, 0.5) is 17.1 Å². The molecule has 0 spiro atoms. The van der Waals surface area contributed by atoms with Gasteiger partial charge in [-0.05, 0) is 30.3 Å². The van der Waals surface area contributed by atoms with Crippen molar-refractivity contribution in [1.29, 1.82) is 5.26 Å². The van der Waals surface area contributed by atoms with E-state index in [0.29, 0.717) is 33.2 Å². The lowest BCUT2D eigenvalue weighted by Gasteiger charge is -2.11. The first-order valence-corrected chi connectivity index (χ1v) is 6.77. The molecule has 0 amide bonds. The Morgan fingerprint density at radius 2 is 2.10 bits per heavy atom. The van der Waals surface area contributed by atoms with Gasteiger partial charge in [0.2, 0.25) is 0 Å².